The minimum Gasteiger partial charge on any atom is -0.496 e. The van der Waals surface area contributed by atoms with Crippen molar-refractivity contribution in [1.82, 2.24) is 9.97 Å². The van der Waals surface area contributed by atoms with Gasteiger partial charge in [0.05, 0.1) is 12.7 Å². The lowest BCUT2D eigenvalue weighted by atomic mass is 10.2. The molecule has 6 nitrogen and oxygen atoms in total. The Labute approximate surface area is 151 Å². The van der Waals surface area contributed by atoms with Gasteiger partial charge in [0.15, 0.2) is 0 Å². The third-order valence-corrected chi connectivity index (χ3v) is 3.61. The van der Waals surface area contributed by atoms with Crippen LogP contribution in [-0.4, -0.2) is 23.0 Å². The summed E-state index contributed by atoms with van der Waals surface area (Å²) >= 11 is 0. The number of aryl methyl sites for hydroxylation is 2. The fraction of sp³-hybridized carbons (Fsp3) is 0.150. The molecule has 132 valence electrons. The highest BCUT2D eigenvalue weighted by atomic mass is 16.5. The predicted molar refractivity (Wildman–Crippen MR) is 99.0 cm³/mol. The first kappa shape index (κ1) is 17.4. The number of ether oxygens (including phenoxy) is 2. The summed E-state index contributed by atoms with van der Waals surface area (Å²) in [7, 11) is 1.53. The fourth-order valence-electron chi connectivity index (χ4n) is 2.51. The van der Waals surface area contributed by atoms with Gasteiger partial charge in [-0.05, 0) is 44.2 Å². The molecule has 26 heavy (non-hydrogen) atoms. The van der Waals surface area contributed by atoms with Crippen LogP contribution in [0.1, 0.15) is 21.7 Å². The standard InChI is InChI=1S/C20H19N3O3/c1-13-11-14(2)22-20(21-13)26-16-8-6-7-15(12-16)23-19(24)17-9-4-5-10-18(17)25-3/h4-12H,1-3H3,(H,23,24). The average molecular weight is 349 g/mol. The molecular weight excluding hydrogens is 330 g/mol. The van der Waals surface area contributed by atoms with Crippen LogP contribution >= 0.6 is 0 Å². The number of anilines is 1. The van der Waals surface area contributed by atoms with Crippen LogP contribution in [0.4, 0.5) is 5.69 Å². The van der Waals surface area contributed by atoms with Gasteiger partial charge in [0.2, 0.25) is 0 Å². The second-order valence-electron chi connectivity index (χ2n) is 5.72. The number of carbonyl (C=O) groups is 1. The Morgan fingerprint density at radius 1 is 0.962 bits per heavy atom. The van der Waals surface area contributed by atoms with Gasteiger partial charge in [-0.25, -0.2) is 9.97 Å². The molecular formula is C20H19N3O3. The van der Waals surface area contributed by atoms with Crippen LogP contribution in [0.5, 0.6) is 17.5 Å². The van der Waals surface area contributed by atoms with E-state index in [2.05, 4.69) is 15.3 Å². The van der Waals surface area contributed by atoms with Crippen LogP contribution < -0.4 is 14.8 Å². The fourth-order valence-corrected chi connectivity index (χ4v) is 2.51. The minimum absolute atomic E-state index is 0.262. The Morgan fingerprint density at radius 2 is 1.69 bits per heavy atom. The Kier molecular flexibility index (Phi) is 5.12. The molecule has 0 aliphatic carbocycles. The number of rotatable bonds is 5. The molecule has 0 radical (unpaired) electrons. The first-order chi connectivity index (χ1) is 12.5. The van der Waals surface area contributed by atoms with Crippen LogP contribution in [-0.2, 0) is 0 Å². The van der Waals surface area contributed by atoms with Gasteiger partial charge in [-0.1, -0.05) is 18.2 Å². The van der Waals surface area contributed by atoms with Crippen molar-refractivity contribution in [2.45, 2.75) is 13.8 Å². The second-order valence-corrected chi connectivity index (χ2v) is 5.72. The van der Waals surface area contributed by atoms with Crippen molar-refractivity contribution < 1.29 is 14.3 Å². The number of amides is 1. The molecule has 0 spiro atoms. The van der Waals surface area contributed by atoms with Crippen LogP contribution in [0, 0.1) is 13.8 Å². The molecule has 0 aliphatic heterocycles. The highest BCUT2D eigenvalue weighted by molar-refractivity contribution is 6.06. The second kappa shape index (κ2) is 7.65. The Balaban J connectivity index is 1.78. The first-order valence-corrected chi connectivity index (χ1v) is 8.10. The lowest BCUT2D eigenvalue weighted by Crippen LogP contribution is -2.13. The van der Waals surface area contributed by atoms with Gasteiger partial charge in [-0.2, -0.15) is 0 Å². The van der Waals surface area contributed by atoms with Crippen molar-refractivity contribution in [3.05, 3.63) is 71.5 Å². The average Bonchev–Trinajstić information content (AvgIpc) is 2.61. The lowest BCUT2D eigenvalue weighted by Gasteiger charge is -2.10. The number of aromatic nitrogens is 2. The van der Waals surface area contributed by atoms with E-state index in [1.807, 2.05) is 26.0 Å². The number of carbonyl (C=O) groups excluding carboxylic acids is 1. The van der Waals surface area contributed by atoms with Gasteiger partial charge in [0, 0.05) is 23.1 Å². The summed E-state index contributed by atoms with van der Waals surface area (Å²) in [6.07, 6.45) is 0. The largest absolute Gasteiger partial charge is 0.496 e. The van der Waals surface area contributed by atoms with Crippen molar-refractivity contribution in [3.8, 4) is 17.5 Å². The van der Waals surface area contributed by atoms with E-state index in [1.165, 1.54) is 7.11 Å². The number of para-hydroxylation sites is 1. The van der Waals surface area contributed by atoms with Crippen LogP contribution in [0.25, 0.3) is 0 Å². The molecule has 1 N–H and O–H groups in total. The normalized spacial score (nSPS) is 10.3. The summed E-state index contributed by atoms with van der Waals surface area (Å²) in [4.78, 5) is 21.0. The lowest BCUT2D eigenvalue weighted by molar-refractivity contribution is 0.102. The highest BCUT2D eigenvalue weighted by Gasteiger charge is 2.12. The van der Waals surface area contributed by atoms with E-state index in [-0.39, 0.29) is 11.9 Å². The number of nitrogens with one attached hydrogen (secondary N) is 1. The topological polar surface area (TPSA) is 73.3 Å². The van der Waals surface area contributed by atoms with Crippen molar-refractivity contribution in [2.24, 2.45) is 0 Å². The molecule has 1 aromatic heterocycles. The Morgan fingerprint density at radius 3 is 2.42 bits per heavy atom. The molecule has 6 heteroatoms. The Bertz CT molecular complexity index is 921. The maximum absolute atomic E-state index is 12.5. The molecule has 2 aromatic carbocycles. The first-order valence-electron chi connectivity index (χ1n) is 8.10. The van der Waals surface area contributed by atoms with Crippen LogP contribution in [0.15, 0.2) is 54.6 Å². The van der Waals surface area contributed by atoms with E-state index >= 15 is 0 Å². The monoisotopic (exact) mass is 349 g/mol. The Hall–Kier alpha value is -3.41. The predicted octanol–water partition coefficient (Wildman–Crippen LogP) is 4.15. The molecule has 0 saturated heterocycles. The molecule has 0 atom stereocenters. The van der Waals surface area contributed by atoms with Gasteiger partial charge in [0.25, 0.3) is 5.91 Å². The van der Waals surface area contributed by atoms with E-state index in [0.29, 0.717) is 22.7 Å². The molecule has 0 saturated carbocycles. The zero-order valence-electron chi connectivity index (χ0n) is 14.8. The number of hydrogen-bond acceptors (Lipinski definition) is 5. The van der Waals surface area contributed by atoms with Crippen molar-refractivity contribution >= 4 is 11.6 Å². The van der Waals surface area contributed by atoms with Gasteiger partial charge >= 0.3 is 6.01 Å². The molecule has 0 bridgehead atoms. The molecule has 3 aromatic rings. The highest BCUT2D eigenvalue weighted by Crippen LogP contribution is 2.24. The minimum atomic E-state index is -0.262. The summed E-state index contributed by atoms with van der Waals surface area (Å²) < 4.78 is 10.9. The van der Waals surface area contributed by atoms with Gasteiger partial charge in [-0.3, -0.25) is 4.79 Å². The molecule has 0 unspecified atom stereocenters. The summed E-state index contributed by atoms with van der Waals surface area (Å²) in [5.41, 5.74) is 2.71. The van der Waals surface area contributed by atoms with E-state index in [0.717, 1.165) is 11.4 Å². The number of hydrogen-bond donors (Lipinski definition) is 1. The maximum atomic E-state index is 12.5. The molecule has 3 rings (SSSR count). The van der Waals surface area contributed by atoms with Crippen LogP contribution in [0.3, 0.4) is 0 Å². The van der Waals surface area contributed by atoms with E-state index in [1.54, 1.807) is 42.5 Å². The van der Waals surface area contributed by atoms with Gasteiger partial charge in [-0.15, -0.1) is 0 Å². The van der Waals surface area contributed by atoms with E-state index < -0.39 is 0 Å². The zero-order chi connectivity index (χ0) is 18.5. The molecule has 0 aliphatic rings. The third-order valence-electron chi connectivity index (χ3n) is 3.61. The third kappa shape index (κ3) is 4.16. The summed E-state index contributed by atoms with van der Waals surface area (Å²) in [5.74, 6) is 0.788. The number of benzene rings is 2. The van der Waals surface area contributed by atoms with Crippen molar-refractivity contribution in [2.75, 3.05) is 12.4 Å². The SMILES string of the molecule is COc1ccccc1C(=O)Nc1cccc(Oc2nc(C)cc(C)n2)c1. The smallest absolute Gasteiger partial charge is 0.322 e. The van der Waals surface area contributed by atoms with Crippen LogP contribution in [0.2, 0.25) is 0 Å². The number of methoxy groups -OCH3 is 1. The summed E-state index contributed by atoms with van der Waals surface area (Å²) in [6.45, 7) is 3.76. The molecule has 1 amide bonds. The maximum Gasteiger partial charge on any atom is 0.322 e. The number of nitrogens with zero attached hydrogens (tertiary/aromatic N) is 2. The zero-order valence-corrected chi connectivity index (χ0v) is 14.8. The molecule has 1 heterocycles. The quantitative estimate of drug-likeness (QED) is 0.749. The van der Waals surface area contributed by atoms with Crippen molar-refractivity contribution in [1.29, 1.82) is 0 Å². The summed E-state index contributed by atoms with van der Waals surface area (Å²) in [6, 6.07) is 16.3. The molecule has 0 fully saturated rings. The summed E-state index contributed by atoms with van der Waals surface area (Å²) in [5, 5.41) is 2.84. The van der Waals surface area contributed by atoms with Crippen molar-refractivity contribution in [3.63, 3.8) is 0 Å². The van der Waals surface area contributed by atoms with E-state index in [9.17, 15) is 4.79 Å². The van der Waals surface area contributed by atoms with Gasteiger partial charge in [0.1, 0.15) is 11.5 Å². The van der Waals surface area contributed by atoms with Gasteiger partial charge < -0.3 is 14.8 Å². The van der Waals surface area contributed by atoms with E-state index in [4.69, 9.17) is 9.47 Å².